The molecule has 0 bridgehead atoms. The van der Waals surface area contributed by atoms with Crippen LogP contribution in [0.4, 0.5) is 8.78 Å². The molecule has 12 heavy (non-hydrogen) atoms. The van der Waals surface area contributed by atoms with Crippen molar-refractivity contribution in [1.82, 2.24) is 5.32 Å². The van der Waals surface area contributed by atoms with Crippen LogP contribution < -0.4 is 5.32 Å². The molecule has 1 rings (SSSR count). The van der Waals surface area contributed by atoms with Gasteiger partial charge in [0, 0.05) is 0 Å². The first-order chi connectivity index (χ1) is 5.52. The molecule has 1 heterocycles. The van der Waals surface area contributed by atoms with Crippen molar-refractivity contribution in [3.63, 3.8) is 0 Å². The van der Waals surface area contributed by atoms with E-state index >= 15 is 0 Å². The Morgan fingerprint density at radius 1 is 1.50 bits per heavy atom. The highest BCUT2D eigenvalue weighted by molar-refractivity contribution is 7.91. The van der Waals surface area contributed by atoms with Gasteiger partial charge in [-0.05, 0) is 25.4 Å². The molecule has 0 aliphatic carbocycles. The van der Waals surface area contributed by atoms with Crippen molar-refractivity contribution in [3.05, 3.63) is 0 Å². The van der Waals surface area contributed by atoms with Crippen LogP contribution in [0.15, 0.2) is 0 Å². The van der Waals surface area contributed by atoms with Gasteiger partial charge in [-0.1, -0.05) is 0 Å². The van der Waals surface area contributed by atoms with Crippen LogP contribution in [0, 0.1) is 5.92 Å². The van der Waals surface area contributed by atoms with E-state index < -0.39 is 21.3 Å². The summed E-state index contributed by atoms with van der Waals surface area (Å²) in [5.41, 5.74) is 0. The molecule has 72 valence electrons. The second-order valence-electron chi connectivity index (χ2n) is 2.95. The standard InChI is InChI=1S/C6H11F2NO2S/c7-6(8)12(10,11)4-5-1-2-9-3-5/h5-6,9H,1-4H2. The number of hydrogen-bond donors (Lipinski definition) is 1. The minimum Gasteiger partial charge on any atom is -0.316 e. The number of hydrogen-bond acceptors (Lipinski definition) is 3. The van der Waals surface area contributed by atoms with E-state index in [0.717, 1.165) is 6.54 Å². The van der Waals surface area contributed by atoms with Crippen molar-refractivity contribution in [1.29, 1.82) is 0 Å². The second kappa shape index (κ2) is 3.66. The van der Waals surface area contributed by atoms with Crippen LogP contribution in [0.2, 0.25) is 0 Å². The molecule has 1 aliphatic rings. The summed E-state index contributed by atoms with van der Waals surface area (Å²) in [5.74, 6) is -3.75. The lowest BCUT2D eigenvalue weighted by molar-refractivity contribution is 0.234. The van der Waals surface area contributed by atoms with Crippen LogP contribution in [0.5, 0.6) is 0 Å². The molecule has 0 aromatic rings. The summed E-state index contributed by atoms with van der Waals surface area (Å²) in [6, 6.07) is 0. The molecule has 1 atom stereocenters. The number of halogens is 2. The van der Waals surface area contributed by atoms with Crippen molar-refractivity contribution >= 4 is 9.84 Å². The molecule has 0 amide bonds. The quantitative estimate of drug-likeness (QED) is 0.708. The van der Waals surface area contributed by atoms with Gasteiger partial charge in [0.15, 0.2) is 0 Å². The molecule has 3 nitrogen and oxygen atoms in total. The van der Waals surface area contributed by atoms with E-state index in [9.17, 15) is 17.2 Å². The van der Waals surface area contributed by atoms with Gasteiger partial charge in [0.05, 0.1) is 5.75 Å². The van der Waals surface area contributed by atoms with Crippen molar-refractivity contribution in [3.8, 4) is 0 Å². The SMILES string of the molecule is O=S(=O)(CC1CCNC1)C(F)F. The molecule has 1 N–H and O–H groups in total. The van der Waals surface area contributed by atoms with Crippen LogP contribution in [0.25, 0.3) is 0 Å². The monoisotopic (exact) mass is 199 g/mol. The molecule has 0 spiro atoms. The molecule has 1 saturated heterocycles. The Hall–Kier alpha value is -0.230. The fourth-order valence-electron chi connectivity index (χ4n) is 1.26. The van der Waals surface area contributed by atoms with E-state index in [1.54, 1.807) is 0 Å². The van der Waals surface area contributed by atoms with Gasteiger partial charge in [0.2, 0.25) is 9.84 Å². The normalized spacial score (nSPS) is 25.1. The maximum absolute atomic E-state index is 11.9. The average molecular weight is 199 g/mol. The summed E-state index contributed by atoms with van der Waals surface area (Å²) in [4.78, 5) is 0. The lowest BCUT2D eigenvalue weighted by Gasteiger charge is -2.07. The lowest BCUT2D eigenvalue weighted by Crippen LogP contribution is -2.23. The topological polar surface area (TPSA) is 46.2 Å². The van der Waals surface area contributed by atoms with E-state index in [0.29, 0.717) is 13.0 Å². The minimum atomic E-state index is -4.15. The van der Waals surface area contributed by atoms with Gasteiger partial charge in [-0.3, -0.25) is 0 Å². The largest absolute Gasteiger partial charge is 0.336 e. The summed E-state index contributed by atoms with van der Waals surface area (Å²) in [5, 5.41) is 2.92. The molecular weight excluding hydrogens is 188 g/mol. The second-order valence-corrected chi connectivity index (χ2v) is 4.96. The minimum absolute atomic E-state index is 0.135. The van der Waals surface area contributed by atoms with E-state index in [1.807, 2.05) is 0 Å². The number of alkyl halides is 2. The third-order valence-electron chi connectivity index (χ3n) is 1.90. The number of nitrogens with one attached hydrogen (secondary N) is 1. The lowest BCUT2D eigenvalue weighted by atomic mass is 10.2. The molecule has 0 radical (unpaired) electrons. The predicted molar refractivity (Wildman–Crippen MR) is 40.8 cm³/mol. The fraction of sp³-hybridized carbons (Fsp3) is 1.00. The van der Waals surface area contributed by atoms with Crippen LogP contribution in [0.1, 0.15) is 6.42 Å². The predicted octanol–water partition coefficient (Wildman–Crippen LogP) is 0.233. The Bertz CT molecular complexity index is 234. The van der Waals surface area contributed by atoms with Crippen LogP contribution >= 0.6 is 0 Å². The van der Waals surface area contributed by atoms with Crippen LogP contribution in [-0.2, 0) is 9.84 Å². The van der Waals surface area contributed by atoms with Gasteiger partial charge in [-0.2, -0.15) is 8.78 Å². The number of sulfone groups is 1. The van der Waals surface area contributed by atoms with Gasteiger partial charge < -0.3 is 5.32 Å². The van der Waals surface area contributed by atoms with Crippen molar-refractivity contribution in [2.24, 2.45) is 5.92 Å². The van der Waals surface area contributed by atoms with Crippen LogP contribution in [0.3, 0.4) is 0 Å². The first-order valence-corrected chi connectivity index (χ1v) is 5.44. The van der Waals surface area contributed by atoms with Gasteiger partial charge in [-0.15, -0.1) is 0 Å². The summed E-state index contributed by atoms with van der Waals surface area (Å²) in [6.07, 6.45) is 0.673. The molecule has 1 aliphatic heterocycles. The molecule has 0 aromatic carbocycles. The highest BCUT2D eigenvalue weighted by Gasteiger charge is 2.29. The third-order valence-corrected chi connectivity index (χ3v) is 3.38. The first kappa shape index (κ1) is 9.85. The van der Waals surface area contributed by atoms with E-state index in [2.05, 4.69) is 5.32 Å². The summed E-state index contributed by atoms with van der Waals surface area (Å²) in [6.45, 7) is 1.26. The van der Waals surface area contributed by atoms with Crippen molar-refractivity contribution in [2.75, 3.05) is 18.8 Å². The smallest absolute Gasteiger partial charge is 0.316 e. The summed E-state index contributed by atoms with van der Waals surface area (Å²) in [7, 11) is -4.15. The fourth-order valence-corrected chi connectivity index (χ4v) is 2.35. The van der Waals surface area contributed by atoms with E-state index in [1.165, 1.54) is 0 Å². The number of rotatable bonds is 3. The molecule has 0 aromatic heterocycles. The zero-order valence-corrected chi connectivity index (χ0v) is 7.28. The van der Waals surface area contributed by atoms with Gasteiger partial charge in [-0.25, -0.2) is 8.42 Å². The van der Waals surface area contributed by atoms with Crippen LogP contribution in [-0.4, -0.2) is 33.0 Å². The highest BCUT2D eigenvalue weighted by atomic mass is 32.2. The zero-order chi connectivity index (χ0) is 9.19. The third kappa shape index (κ3) is 2.38. The van der Waals surface area contributed by atoms with Gasteiger partial charge in [0.25, 0.3) is 0 Å². The Balaban J connectivity index is 2.49. The van der Waals surface area contributed by atoms with Crippen molar-refractivity contribution < 1.29 is 17.2 Å². The Morgan fingerprint density at radius 3 is 2.58 bits per heavy atom. The zero-order valence-electron chi connectivity index (χ0n) is 6.46. The molecule has 0 saturated carbocycles. The molecular formula is C6H11F2NO2S. The molecule has 6 heteroatoms. The van der Waals surface area contributed by atoms with Gasteiger partial charge in [0.1, 0.15) is 0 Å². The van der Waals surface area contributed by atoms with E-state index in [4.69, 9.17) is 0 Å². The maximum atomic E-state index is 11.9. The molecule has 1 fully saturated rings. The average Bonchev–Trinajstić information content (AvgIpc) is 2.38. The Morgan fingerprint density at radius 2 is 2.17 bits per heavy atom. The highest BCUT2D eigenvalue weighted by Crippen LogP contribution is 2.15. The van der Waals surface area contributed by atoms with E-state index in [-0.39, 0.29) is 5.92 Å². The van der Waals surface area contributed by atoms with Crippen molar-refractivity contribution in [2.45, 2.75) is 12.2 Å². The summed E-state index contributed by atoms with van der Waals surface area (Å²) < 4.78 is 45.1. The maximum Gasteiger partial charge on any atom is 0.336 e. The Labute approximate surface area is 70.1 Å². The summed E-state index contributed by atoms with van der Waals surface area (Å²) >= 11 is 0. The Kier molecular flexibility index (Phi) is 3.00. The first-order valence-electron chi connectivity index (χ1n) is 3.73. The van der Waals surface area contributed by atoms with Gasteiger partial charge >= 0.3 is 5.76 Å². The molecule has 1 unspecified atom stereocenters.